The third kappa shape index (κ3) is 15.9. The van der Waals surface area contributed by atoms with Gasteiger partial charge in [0.05, 0.1) is 51.2 Å². The zero-order chi connectivity index (χ0) is 65.2. The van der Waals surface area contributed by atoms with Crippen molar-refractivity contribution < 1.29 is 183 Å². The second-order valence-electron chi connectivity index (χ2n) is 22.5. The minimum absolute atomic E-state index is 0.0967. The second kappa shape index (κ2) is 31.9. The highest BCUT2D eigenvalue weighted by atomic mass is 32.2. The summed E-state index contributed by atoms with van der Waals surface area (Å²) < 4.78 is 81.8. The van der Waals surface area contributed by atoms with E-state index in [0.717, 1.165) is 23.5 Å². The van der Waals surface area contributed by atoms with Crippen molar-refractivity contribution in [3.05, 3.63) is 0 Å². The maximum absolute atomic E-state index is 11.7. The molecule has 23 N–H and O–H groups in total. The van der Waals surface area contributed by atoms with Gasteiger partial charge in [-0.15, -0.1) is 0 Å². The first-order valence-electron chi connectivity index (χ1n) is 28.3. The molecule has 40 heteroatoms. The van der Waals surface area contributed by atoms with Crippen LogP contribution in [0, 0.1) is 5.92 Å². The molecule has 21 heterocycles. The molecule has 0 radical (unpaired) electrons. The fourth-order valence-corrected chi connectivity index (χ4v) is 13.4. The van der Waals surface area contributed by atoms with Gasteiger partial charge in [0, 0.05) is 23.0 Å². The van der Waals surface area contributed by atoms with Crippen LogP contribution in [0.3, 0.4) is 0 Å². The van der Waals surface area contributed by atoms with Gasteiger partial charge in [-0.2, -0.15) is 23.5 Å². The summed E-state index contributed by atoms with van der Waals surface area (Å²) in [6.45, 7) is -4.01. The van der Waals surface area contributed by atoms with E-state index in [1.54, 1.807) is 0 Å². The number of ether oxygens (including phenoxy) is 14. The SMILES string of the molecule is C[C@H](CSCC1O[C@@H]2O[C@@H]3C(CO)O[C@@H](O[C@@H]4C(CO)O[C@@H](O[C@@H]5C(CSC[C@@H](N)C(=O)O)O[C@@H](O[C@@H]6C(CO)O[C@H](O[C@@H]7C(CO)OC(O[C@@H]8C(CO)O[C@H](O[C@H]1[C@H](O)C2O)C(O)[C@H]8O)[C@@H](O)[C@H]7O)[C@@H](O)C6O)[C@@H](O)C5O)[C@@H](O)C4O)[C@@H](O)C3O)C(=O)O. The molecule has 21 saturated heterocycles. The van der Waals surface area contributed by atoms with Gasteiger partial charge in [0.1, 0.15) is 165 Å². The Morgan fingerprint density at radius 1 is 0.315 bits per heavy atom. The molecule has 21 rings (SSSR count). The van der Waals surface area contributed by atoms with Crippen LogP contribution in [0.25, 0.3) is 0 Å². The topological polar surface area (TPSA) is 614 Å². The van der Waals surface area contributed by atoms with Crippen molar-refractivity contribution in [3.8, 4) is 0 Å². The highest BCUT2D eigenvalue weighted by Crippen LogP contribution is 2.40. The zero-order valence-electron chi connectivity index (χ0n) is 47.0. The predicted molar refractivity (Wildman–Crippen MR) is 281 cm³/mol. The van der Waals surface area contributed by atoms with E-state index in [2.05, 4.69) is 0 Å². The molecule has 21 aliphatic heterocycles. The number of aliphatic carboxylic acids is 2. The molecule has 89 heavy (non-hydrogen) atoms. The number of carboxylic acid groups (broad SMARTS) is 2. The molecule has 0 amide bonds. The highest BCUT2D eigenvalue weighted by Gasteiger charge is 2.60. The van der Waals surface area contributed by atoms with E-state index in [4.69, 9.17) is 72.0 Å². The first-order chi connectivity index (χ1) is 42.2. The van der Waals surface area contributed by atoms with E-state index >= 15 is 0 Å². The summed E-state index contributed by atoms with van der Waals surface area (Å²) in [4.78, 5) is 23.3. The lowest BCUT2D eigenvalue weighted by molar-refractivity contribution is -0.395. The van der Waals surface area contributed by atoms with Crippen molar-refractivity contribution in [2.75, 3.05) is 56.0 Å². The summed E-state index contributed by atoms with van der Waals surface area (Å²) >= 11 is 1.72. The van der Waals surface area contributed by atoms with Crippen LogP contribution in [-0.4, -0.2) is 396 Å². The number of rotatable bonds is 15. The fraction of sp³-hybridized carbons (Fsp3) is 0.959. The van der Waals surface area contributed by atoms with Gasteiger partial charge in [-0.1, -0.05) is 6.92 Å². The van der Waals surface area contributed by atoms with E-state index < -0.39 is 272 Å². The summed E-state index contributed by atoms with van der Waals surface area (Å²) in [5, 5.41) is 233. The van der Waals surface area contributed by atoms with Crippen LogP contribution >= 0.6 is 23.5 Å². The molecule has 0 aromatic heterocycles. The number of nitrogens with two attached hydrogens (primary N) is 1. The Balaban J connectivity index is 1.11. The quantitative estimate of drug-likeness (QED) is 0.0724. The summed E-state index contributed by atoms with van der Waals surface area (Å²) in [6.07, 6.45) is -70.9. The molecule has 0 aliphatic carbocycles. The van der Waals surface area contributed by atoms with E-state index in [1.165, 1.54) is 6.92 Å². The van der Waals surface area contributed by atoms with E-state index in [-0.39, 0.29) is 23.0 Å². The maximum atomic E-state index is 11.7. The van der Waals surface area contributed by atoms with Gasteiger partial charge in [-0.05, 0) is 0 Å². The molecular weight excluding hydrogens is 1260 g/mol. The number of hydrogen-bond acceptors (Lipinski definition) is 38. The summed E-state index contributed by atoms with van der Waals surface area (Å²) in [5.74, 6) is -4.70. The molecule has 0 aromatic carbocycles. The molecule has 0 saturated carbocycles. The Hall–Kier alpha value is -1.72. The molecule has 516 valence electrons. The molecular formula is C49H81NO37S2. The predicted octanol–water partition coefficient (Wildman–Crippen LogP) is -13.6. The maximum Gasteiger partial charge on any atom is 0.321 e. The number of aliphatic hydroxyl groups is 19. The number of hydrogen-bond donors (Lipinski definition) is 22. The van der Waals surface area contributed by atoms with Crippen molar-refractivity contribution in [3.63, 3.8) is 0 Å². The van der Waals surface area contributed by atoms with Crippen LogP contribution < -0.4 is 5.73 Å². The first-order valence-corrected chi connectivity index (χ1v) is 30.6. The molecule has 37 atom stereocenters. The third-order valence-electron chi connectivity index (χ3n) is 16.4. The average molecular weight is 1340 g/mol. The first kappa shape index (κ1) is 73.1. The van der Waals surface area contributed by atoms with Gasteiger partial charge in [-0.3, -0.25) is 9.59 Å². The molecule has 0 spiro atoms. The van der Waals surface area contributed by atoms with E-state index in [0.29, 0.717) is 0 Å². The van der Waals surface area contributed by atoms with Crippen molar-refractivity contribution in [2.24, 2.45) is 11.7 Å². The van der Waals surface area contributed by atoms with Gasteiger partial charge in [0.2, 0.25) is 0 Å². The largest absolute Gasteiger partial charge is 0.481 e. The summed E-state index contributed by atoms with van der Waals surface area (Å²) in [5.41, 5.74) is 5.70. The Kier molecular flexibility index (Phi) is 26.2. The Morgan fingerprint density at radius 3 is 0.697 bits per heavy atom. The Bertz CT molecular complexity index is 2190. The Morgan fingerprint density at radius 2 is 0.506 bits per heavy atom. The third-order valence-corrected chi connectivity index (χ3v) is 18.9. The number of thioether (sulfide) groups is 2. The van der Waals surface area contributed by atoms with Crippen molar-refractivity contribution in [1.29, 1.82) is 0 Å². The van der Waals surface area contributed by atoms with Crippen LogP contribution in [0.5, 0.6) is 0 Å². The lowest BCUT2D eigenvalue weighted by Crippen LogP contribution is -2.68. The van der Waals surface area contributed by atoms with Crippen LogP contribution in [0.15, 0.2) is 0 Å². The normalized spacial score (nSPS) is 50.1. The van der Waals surface area contributed by atoms with Crippen LogP contribution in [-0.2, 0) is 75.9 Å². The lowest BCUT2D eigenvalue weighted by atomic mass is 9.95. The zero-order valence-corrected chi connectivity index (χ0v) is 48.7. The van der Waals surface area contributed by atoms with Gasteiger partial charge in [0.25, 0.3) is 0 Å². The van der Waals surface area contributed by atoms with Gasteiger partial charge in [0.15, 0.2) is 44.0 Å². The highest BCUT2D eigenvalue weighted by molar-refractivity contribution is 7.99. The molecule has 21 fully saturated rings. The molecule has 21 aliphatic rings. The summed E-state index contributed by atoms with van der Waals surface area (Å²) in [6, 6.07) is -1.46. The fourth-order valence-electron chi connectivity index (χ4n) is 11.2. The molecule has 38 nitrogen and oxygen atoms in total. The van der Waals surface area contributed by atoms with Gasteiger partial charge >= 0.3 is 11.9 Å². The minimum Gasteiger partial charge on any atom is -0.481 e. The number of carboxylic acids is 2. The van der Waals surface area contributed by atoms with Crippen molar-refractivity contribution >= 4 is 35.5 Å². The van der Waals surface area contributed by atoms with Crippen molar-refractivity contribution in [1.82, 2.24) is 0 Å². The summed E-state index contributed by atoms with van der Waals surface area (Å²) in [7, 11) is 0. The standard InChI is InChI=1S/C49H81NO37S2/c1-11(41(70)71)7-88-9-18-39-25(61)32(68)48(79-18)84-37-16(5-54)75-45(28(64)21(37)57)83-36-15(4-53)78-47(31(67)24(36)60)87-40-19(10-89-8-12(50)42(72)73)80-49(33(69)26(40)62)85-38-17(6-55)76-44(29(65)22(38)58)81-34-13(2-51)74-43(27(63)20(34)56)82-35-14(3-52)77-46(86-39)30(66)23(35)59/h11-40,43-49,51-69H,2-10,50H2,1H3,(H,70,71)(H,72,73)/t11-,12-,13?,14?,15?,16?,17?,18?,19?,20-,21?,22?,23-,24?,25-,26?,27+,28+,29+,30?,31+,32?,33+,34-,35-,36-,37-,38-,39-,40-,43?,44-,45+,46-,47+,48-,49+/m1/s1. The second-order valence-corrected chi connectivity index (χ2v) is 24.7. The Labute approximate surface area is 512 Å². The van der Waals surface area contributed by atoms with E-state index in [9.17, 15) is 117 Å². The molecule has 0 aromatic rings. The van der Waals surface area contributed by atoms with Crippen molar-refractivity contribution in [2.45, 2.75) is 228 Å². The lowest BCUT2D eigenvalue weighted by Gasteiger charge is -2.50. The molecule has 14 unspecified atom stereocenters. The number of carbonyl (C=O) groups is 2. The van der Waals surface area contributed by atoms with E-state index in [1.807, 2.05) is 0 Å². The van der Waals surface area contributed by atoms with Crippen LogP contribution in [0.2, 0.25) is 0 Å². The van der Waals surface area contributed by atoms with Crippen LogP contribution in [0.4, 0.5) is 0 Å². The minimum atomic E-state index is -2.25. The average Bonchev–Trinajstić information content (AvgIpc) is 0.983. The number of aliphatic hydroxyl groups excluding tert-OH is 19. The van der Waals surface area contributed by atoms with Crippen LogP contribution in [0.1, 0.15) is 6.92 Å². The van der Waals surface area contributed by atoms with Gasteiger partial charge < -0.3 is 179 Å². The monoisotopic (exact) mass is 1340 g/mol. The smallest absolute Gasteiger partial charge is 0.321 e. The van der Waals surface area contributed by atoms with Gasteiger partial charge in [-0.25, -0.2) is 0 Å². The molecule has 14 bridgehead atoms.